The predicted molar refractivity (Wildman–Crippen MR) is 93.5 cm³/mol. The van der Waals surface area contributed by atoms with E-state index in [0.717, 1.165) is 17.7 Å². The summed E-state index contributed by atoms with van der Waals surface area (Å²) in [6, 6.07) is 9.68. The number of hydrogen-bond donors (Lipinski definition) is 2. The molecular formula is C16H20N4O2S. The highest BCUT2D eigenvalue weighted by molar-refractivity contribution is 8.15. The van der Waals surface area contributed by atoms with E-state index in [1.54, 1.807) is 0 Å². The highest BCUT2D eigenvalue weighted by atomic mass is 32.2. The number of hydrogen-bond acceptors (Lipinski definition) is 5. The van der Waals surface area contributed by atoms with Gasteiger partial charge in [-0.05, 0) is 18.9 Å². The molecular weight excluding hydrogens is 312 g/mol. The van der Waals surface area contributed by atoms with E-state index in [1.807, 2.05) is 44.2 Å². The fourth-order valence-electron chi connectivity index (χ4n) is 1.95. The Kier molecular flexibility index (Phi) is 6.34. The summed E-state index contributed by atoms with van der Waals surface area (Å²) >= 11 is 1.24. The van der Waals surface area contributed by atoms with Crippen LogP contribution < -0.4 is 10.6 Å². The smallest absolute Gasteiger partial charge is 0.240 e. The normalized spacial score (nSPS) is 19.7. The molecule has 1 saturated heterocycles. The van der Waals surface area contributed by atoms with Gasteiger partial charge in [0.15, 0.2) is 5.17 Å². The van der Waals surface area contributed by atoms with Gasteiger partial charge in [0.1, 0.15) is 5.25 Å². The van der Waals surface area contributed by atoms with Crippen molar-refractivity contribution < 1.29 is 9.59 Å². The Balaban J connectivity index is 1.95. The van der Waals surface area contributed by atoms with Crippen LogP contribution in [0.5, 0.6) is 0 Å². The predicted octanol–water partition coefficient (Wildman–Crippen LogP) is 1.91. The van der Waals surface area contributed by atoms with Crippen LogP contribution in [-0.2, 0) is 9.59 Å². The first-order valence-corrected chi connectivity index (χ1v) is 8.40. The second-order valence-corrected chi connectivity index (χ2v) is 6.30. The molecule has 1 unspecified atom stereocenters. The van der Waals surface area contributed by atoms with E-state index < -0.39 is 5.25 Å². The first-order valence-electron chi connectivity index (χ1n) is 7.52. The van der Waals surface area contributed by atoms with Crippen molar-refractivity contribution >= 4 is 34.5 Å². The molecule has 1 fully saturated rings. The molecule has 0 saturated carbocycles. The van der Waals surface area contributed by atoms with Gasteiger partial charge < -0.3 is 10.6 Å². The van der Waals surface area contributed by atoms with Gasteiger partial charge in [-0.25, -0.2) is 0 Å². The molecule has 1 heterocycles. The Labute approximate surface area is 139 Å². The minimum atomic E-state index is -0.446. The molecule has 122 valence electrons. The van der Waals surface area contributed by atoms with Crippen LogP contribution in [0.25, 0.3) is 0 Å². The SMILES string of the molecule is CCCNC(=O)CC1S/C(=N/N=C(\C)c2ccccc2)NC1=O. The van der Waals surface area contributed by atoms with Gasteiger partial charge in [-0.3, -0.25) is 9.59 Å². The quantitative estimate of drug-likeness (QED) is 0.617. The van der Waals surface area contributed by atoms with Gasteiger partial charge in [-0.1, -0.05) is 49.0 Å². The molecule has 1 atom stereocenters. The molecule has 7 heteroatoms. The summed E-state index contributed by atoms with van der Waals surface area (Å²) < 4.78 is 0. The van der Waals surface area contributed by atoms with Crippen molar-refractivity contribution in [2.45, 2.75) is 31.9 Å². The molecule has 0 radical (unpaired) electrons. The zero-order chi connectivity index (χ0) is 16.7. The van der Waals surface area contributed by atoms with Crippen molar-refractivity contribution in [2.24, 2.45) is 10.2 Å². The Bertz CT molecular complexity index is 628. The molecule has 2 rings (SSSR count). The molecule has 0 aliphatic carbocycles. The van der Waals surface area contributed by atoms with Crippen LogP contribution in [0.4, 0.5) is 0 Å². The van der Waals surface area contributed by atoms with Gasteiger partial charge in [0.2, 0.25) is 11.8 Å². The van der Waals surface area contributed by atoms with Crippen molar-refractivity contribution in [1.29, 1.82) is 0 Å². The lowest BCUT2D eigenvalue weighted by Crippen LogP contribution is -2.31. The molecule has 1 aromatic rings. The zero-order valence-electron chi connectivity index (χ0n) is 13.2. The molecule has 1 aliphatic rings. The van der Waals surface area contributed by atoms with Crippen LogP contribution in [0, 0.1) is 0 Å². The van der Waals surface area contributed by atoms with Crippen molar-refractivity contribution in [1.82, 2.24) is 10.6 Å². The molecule has 0 aromatic heterocycles. The molecule has 0 spiro atoms. The maximum absolute atomic E-state index is 11.9. The summed E-state index contributed by atoms with van der Waals surface area (Å²) in [5.41, 5.74) is 1.73. The molecule has 2 amide bonds. The van der Waals surface area contributed by atoms with E-state index >= 15 is 0 Å². The first kappa shape index (κ1) is 17.2. The van der Waals surface area contributed by atoms with E-state index in [1.165, 1.54) is 11.8 Å². The van der Waals surface area contributed by atoms with Crippen LogP contribution >= 0.6 is 11.8 Å². The number of carbonyl (C=O) groups is 2. The second kappa shape index (κ2) is 8.47. The molecule has 2 N–H and O–H groups in total. The third-order valence-electron chi connectivity index (χ3n) is 3.20. The summed E-state index contributed by atoms with van der Waals surface area (Å²) in [6.45, 7) is 4.46. The lowest BCUT2D eigenvalue weighted by molar-refractivity contribution is -0.125. The van der Waals surface area contributed by atoms with Gasteiger partial charge in [0.05, 0.1) is 5.71 Å². The summed E-state index contributed by atoms with van der Waals surface area (Å²) in [5.74, 6) is -0.322. The number of nitrogens with one attached hydrogen (secondary N) is 2. The summed E-state index contributed by atoms with van der Waals surface area (Å²) in [4.78, 5) is 23.6. The van der Waals surface area contributed by atoms with E-state index in [4.69, 9.17) is 0 Å². The van der Waals surface area contributed by atoms with Crippen molar-refractivity contribution in [2.75, 3.05) is 6.54 Å². The van der Waals surface area contributed by atoms with Crippen LogP contribution in [0.1, 0.15) is 32.3 Å². The minimum Gasteiger partial charge on any atom is -0.356 e. The van der Waals surface area contributed by atoms with Gasteiger partial charge in [-0.15, -0.1) is 5.10 Å². The van der Waals surface area contributed by atoms with Crippen molar-refractivity contribution in [3.63, 3.8) is 0 Å². The number of amides is 2. The maximum atomic E-state index is 11.9. The fraction of sp³-hybridized carbons (Fsp3) is 0.375. The zero-order valence-corrected chi connectivity index (χ0v) is 14.0. The average molecular weight is 332 g/mol. The minimum absolute atomic E-state index is 0.121. The van der Waals surface area contributed by atoms with E-state index in [-0.39, 0.29) is 18.2 Å². The van der Waals surface area contributed by atoms with Gasteiger partial charge in [0.25, 0.3) is 0 Å². The average Bonchev–Trinajstić information content (AvgIpc) is 2.91. The summed E-state index contributed by atoms with van der Waals surface area (Å²) in [5, 5.41) is 13.6. The van der Waals surface area contributed by atoms with Crippen LogP contribution in [-0.4, -0.2) is 34.5 Å². The Hall–Kier alpha value is -2.15. The van der Waals surface area contributed by atoms with E-state index in [9.17, 15) is 9.59 Å². The number of carbonyl (C=O) groups excluding carboxylic acids is 2. The Morgan fingerprint density at radius 1 is 1.35 bits per heavy atom. The van der Waals surface area contributed by atoms with Crippen molar-refractivity contribution in [3.8, 4) is 0 Å². The monoisotopic (exact) mass is 332 g/mol. The lowest BCUT2D eigenvalue weighted by Gasteiger charge is -2.05. The molecule has 1 aromatic carbocycles. The third-order valence-corrected chi connectivity index (χ3v) is 4.27. The number of thioether (sulfide) groups is 1. The van der Waals surface area contributed by atoms with Crippen LogP contribution in [0.2, 0.25) is 0 Å². The highest BCUT2D eigenvalue weighted by Crippen LogP contribution is 2.22. The number of rotatable bonds is 6. The standard InChI is InChI=1S/C16H20N4O2S/c1-3-9-17-14(21)10-13-15(22)18-16(23-13)20-19-11(2)12-7-5-4-6-8-12/h4-8,13H,3,9-10H2,1-2H3,(H,17,21)(H,18,20,22)/b19-11+. The summed E-state index contributed by atoms with van der Waals surface area (Å²) in [7, 11) is 0. The first-order chi connectivity index (χ1) is 11.1. The van der Waals surface area contributed by atoms with Gasteiger partial charge in [0, 0.05) is 13.0 Å². The van der Waals surface area contributed by atoms with Crippen molar-refractivity contribution in [3.05, 3.63) is 35.9 Å². The number of benzene rings is 1. The lowest BCUT2D eigenvalue weighted by atomic mass is 10.1. The maximum Gasteiger partial charge on any atom is 0.240 e. The molecule has 6 nitrogen and oxygen atoms in total. The Morgan fingerprint density at radius 2 is 2.09 bits per heavy atom. The second-order valence-electron chi connectivity index (χ2n) is 5.11. The fourth-order valence-corrected chi connectivity index (χ4v) is 2.87. The molecule has 1 aliphatic heterocycles. The number of nitrogens with zero attached hydrogens (tertiary/aromatic N) is 2. The van der Waals surface area contributed by atoms with Crippen LogP contribution in [0.15, 0.2) is 40.5 Å². The third kappa shape index (κ3) is 5.21. The largest absolute Gasteiger partial charge is 0.356 e. The van der Waals surface area contributed by atoms with Crippen LogP contribution in [0.3, 0.4) is 0 Å². The van der Waals surface area contributed by atoms with Gasteiger partial charge in [-0.2, -0.15) is 5.10 Å². The van der Waals surface area contributed by atoms with E-state index in [0.29, 0.717) is 11.7 Å². The highest BCUT2D eigenvalue weighted by Gasteiger charge is 2.32. The number of amidine groups is 1. The molecule has 0 bridgehead atoms. The molecule has 23 heavy (non-hydrogen) atoms. The topological polar surface area (TPSA) is 82.9 Å². The Morgan fingerprint density at radius 3 is 2.78 bits per heavy atom. The van der Waals surface area contributed by atoms with E-state index in [2.05, 4.69) is 20.8 Å². The summed E-state index contributed by atoms with van der Waals surface area (Å²) in [6.07, 6.45) is 1.02. The van der Waals surface area contributed by atoms with Gasteiger partial charge >= 0.3 is 0 Å².